The van der Waals surface area contributed by atoms with Crippen LogP contribution in [0.3, 0.4) is 0 Å². The Morgan fingerprint density at radius 3 is 2.53 bits per heavy atom. The maximum Gasteiger partial charge on any atom is 0.181 e. The summed E-state index contributed by atoms with van der Waals surface area (Å²) in [7, 11) is -1.87. The largest absolute Gasteiger partial charge is 0.496 e. The summed E-state index contributed by atoms with van der Waals surface area (Å²) in [6.45, 7) is 2.01. The highest BCUT2D eigenvalue weighted by Gasteiger charge is 2.20. The molecule has 1 rings (SSSR count). The molecule has 0 aliphatic heterocycles. The molecule has 0 N–H and O–H groups in total. The lowest BCUT2D eigenvalue weighted by molar-refractivity contribution is 0.101. The summed E-state index contributed by atoms with van der Waals surface area (Å²) in [5.74, 6) is -0.371. The average molecular weight is 284 g/mol. The molecular weight excluding hydrogens is 264 g/mol. The van der Waals surface area contributed by atoms with E-state index < -0.39 is 21.4 Å². The van der Waals surface area contributed by atoms with Crippen LogP contribution in [0, 0.1) is 0 Å². The Hall–Kier alpha value is -1.36. The van der Waals surface area contributed by atoms with Crippen LogP contribution in [0.25, 0.3) is 0 Å². The summed E-state index contributed by atoms with van der Waals surface area (Å²) in [4.78, 5) is 12.0. The lowest BCUT2D eigenvalue weighted by Crippen LogP contribution is -2.19. The molecule has 5 heteroatoms. The number of sulfone groups is 1. The van der Waals surface area contributed by atoms with E-state index in [2.05, 4.69) is 0 Å². The minimum atomic E-state index is -3.33. The summed E-state index contributed by atoms with van der Waals surface area (Å²) in [6.07, 6.45) is 2.43. The average Bonchev–Trinajstić information content (AvgIpc) is 2.38. The van der Waals surface area contributed by atoms with Crippen LogP contribution >= 0.6 is 0 Å². The van der Waals surface area contributed by atoms with Crippen molar-refractivity contribution < 1.29 is 17.9 Å². The number of Topliss-reactive ketones (excluding diaryl/α,β-unsaturated/α-hetero) is 1. The van der Waals surface area contributed by atoms with E-state index in [9.17, 15) is 13.2 Å². The van der Waals surface area contributed by atoms with Crippen molar-refractivity contribution in [1.82, 2.24) is 0 Å². The maximum atomic E-state index is 12.0. The quantitative estimate of drug-likeness (QED) is 0.543. The fraction of sp³-hybridized carbons (Fsp3) is 0.500. The Kier molecular flexibility index (Phi) is 6.02. The molecule has 1 aromatic carbocycles. The van der Waals surface area contributed by atoms with E-state index in [0.717, 1.165) is 12.8 Å². The molecule has 4 nitrogen and oxygen atoms in total. The Morgan fingerprint density at radius 2 is 1.89 bits per heavy atom. The van der Waals surface area contributed by atoms with Crippen LogP contribution in [0.15, 0.2) is 24.3 Å². The van der Waals surface area contributed by atoms with Crippen molar-refractivity contribution in [3.8, 4) is 5.75 Å². The first kappa shape index (κ1) is 15.7. The summed E-state index contributed by atoms with van der Waals surface area (Å²) in [5, 5.41) is 0. The Morgan fingerprint density at radius 1 is 1.21 bits per heavy atom. The van der Waals surface area contributed by atoms with Gasteiger partial charge in [0.15, 0.2) is 15.6 Å². The highest BCUT2D eigenvalue weighted by Crippen LogP contribution is 2.18. The molecule has 19 heavy (non-hydrogen) atoms. The van der Waals surface area contributed by atoms with Crippen molar-refractivity contribution in [2.24, 2.45) is 0 Å². The molecule has 0 bridgehead atoms. The minimum Gasteiger partial charge on any atom is -0.496 e. The number of ketones is 1. The number of hydrogen-bond donors (Lipinski definition) is 0. The van der Waals surface area contributed by atoms with E-state index in [0.29, 0.717) is 17.7 Å². The van der Waals surface area contributed by atoms with Crippen LogP contribution in [0.4, 0.5) is 0 Å². The second-order valence-corrected chi connectivity index (χ2v) is 6.61. The number of rotatable bonds is 8. The SMILES string of the molecule is CCCCCS(=O)(=O)CC(=O)c1ccccc1OC. The second kappa shape index (κ2) is 7.28. The molecule has 0 heterocycles. The van der Waals surface area contributed by atoms with E-state index in [-0.39, 0.29) is 5.75 Å². The van der Waals surface area contributed by atoms with Crippen molar-refractivity contribution in [2.75, 3.05) is 18.6 Å². The van der Waals surface area contributed by atoms with Gasteiger partial charge in [-0.15, -0.1) is 0 Å². The maximum absolute atomic E-state index is 12.0. The molecule has 0 fully saturated rings. The molecule has 0 saturated carbocycles. The third-order valence-electron chi connectivity index (χ3n) is 2.82. The zero-order valence-electron chi connectivity index (χ0n) is 11.4. The summed E-state index contributed by atoms with van der Waals surface area (Å²) >= 11 is 0. The van der Waals surface area contributed by atoms with Crippen molar-refractivity contribution in [3.63, 3.8) is 0 Å². The number of unbranched alkanes of at least 4 members (excludes halogenated alkanes) is 2. The van der Waals surface area contributed by atoms with Crippen LogP contribution in [-0.4, -0.2) is 32.8 Å². The van der Waals surface area contributed by atoms with Gasteiger partial charge < -0.3 is 4.74 Å². The molecule has 0 radical (unpaired) electrons. The molecule has 106 valence electrons. The first-order valence-electron chi connectivity index (χ1n) is 6.37. The second-order valence-electron chi connectivity index (χ2n) is 4.42. The number of para-hydroxylation sites is 1. The lowest BCUT2D eigenvalue weighted by atomic mass is 10.1. The van der Waals surface area contributed by atoms with Crippen LogP contribution in [0.5, 0.6) is 5.75 Å². The minimum absolute atomic E-state index is 0.0712. The Labute approximate surface area is 114 Å². The normalized spacial score (nSPS) is 11.3. The van der Waals surface area contributed by atoms with E-state index in [4.69, 9.17) is 4.74 Å². The van der Waals surface area contributed by atoms with Crippen molar-refractivity contribution in [2.45, 2.75) is 26.2 Å². The van der Waals surface area contributed by atoms with E-state index >= 15 is 0 Å². The summed E-state index contributed by atoms with van der Waals surface area (Å²) in [5.41, 5.74) is 0.323. The molecule has 0 amide bonds. The first-order chi connectivity index (χ1) is 9.00. The predicted molar refractivity (Wildman–Crippen MR) is 75.5 cm³/mol. The van der Waals surface area contributed by atoms with Gasteiger partial charge in [0.1, 0.15) is 11.5 Å². The standard InChI is InChI=1S/C14H20O4S/c1-3-4-7-10-19(16,17)11-13(15)12-8-5-6-9-14(12)18-2/h5-6,8-9H,3-4,7,10-11H2,1-2H3. The number of ether oxygens (including phenoxy) is 1. The Balaban J connectivity index is 2.73. The number of benzene rings is 1. The van der Waals surface area contributed by atoms with Gasteiger partial charge in [-0.2, -0.15) is 0 Å². The fourth-order valence-electron chi connectivity index (χ4n) is 1.80. The number of methoxy groups -OCH3 is 1. The lowest BCUT2D eigenvalue weighted by Gasteiger charge is -2.07. The molecule has 0 saturated heterocycles. The van der Waals surface area contributed by atoms with Gasteiger partial charge in [-0.1, -0.05) is 31.9 Å². The highest BCUT2D eigenvalue weighted by molar-refractivity contribution is 7.92. The van der Waals surface area contributed by atoms with Crippen molar-refractivity contribution in [1.29, 1.82) is 0 Å². The predicted octanol–water partition coefficient (Wildman–Crippen LogP) is 2.48. The molecule has 1 aromatic rings. The third kappa shape index (κ3) is 5.03. The van der Waals surface area contributed by atoms with Crippen molar-refractivity contribution >= 4 is 15.6 Å². The van der Waals surface area contributed by atoms with Crippen LogP contribution < -0.4 is 4.74 Å². The molecule has 0 spiro atoms. The van der Waals surface area contributed by atoms with Gasteiger partial charge in [0, 0.05) is 0 Å². The summed E-state index contributed by atoms with van der Waals surface area (Å²) in [6, 6.07) is 6.67. The van der Waals surface area contributed by atoms with Crippen LogP contribution in [0.1, 0.15) is 36.5 Å². The topological polar surface area (TPSA) is 60.4 Å². The first-order valence-corrected chi connectivity index (χ1v) is 8.19. The van der Waals surface area contributed by atoms with Crippen LogP contribution in [-0.2, 0) is 9.84 Å². The molecule has 0 atom stereocenters. The van der Waals surface area contributed by atoms with Crippen LogP contribution in [0.2, 0.25) is 0 Å². The molecule has 0 unspecified atom stereocenters. The van der Waals surface area contributed by atoms with Crippen molar-refractivity contribution in [3.05, 3.63) is 29.8 Å². The zero-order valence-corrected chi connectivity index (χ0v) is 12.2. The van der Waals surface area contributed by atoms with E-state index in [1.807, 2.05) is 6.92 Å². The van der Waals surface area contributed by atoms with E-state index in [1.54, 1.807) is 24.3 Å². The van der Waals surface area contributed by atoms with Gasteiger partial charge in [0.05, 0.1) is 18.4 Å². The van der Waals surface area contributed by atoms with Gasteiger partial charge in [0.25, 0.3) is 0 Å². The van der Waals surface area contributed by atoms with Gasteiger partial charge in [-0.05, 0) is 18.6 Å². The third-order valence-corrected chi connectivity index (χ3v) is 4.43. The van der Waals surface area contributed by atoms with Gasteiger partial charge in [-0.3, -0.25) is 4.79 Å². The molecule has 0 aromatic heterocycles. The smallest absolute Gasteiger partial charge is 0.181 e. The van der Waals surface area contributed by atoms with E-state index in [1.165, 1.54) is 7.11 Å². The van der Waals surface area contributed by atoms with Gasteiger partial charge in [0.2, 0.25) is 0 Å². The summed E-state index contributed by atoms with van der Waals surface area (Å²) < 4.78 is 28.7. The highest BCUT2D eigenvalue weighted by atomic mass is 32.2. The number of hydrogen-bond acceptors (Lipinski definition) is 4. The zero-order chi connectivity index (χ0) is 14.3. The van der Waals surface area contributed by atoms with Gasteiger partial charge >= 0.3 is 0 Å². The fourth-order valence-corrected chi connectivity index (χ4v) is 3.14. The van der Waals surface area contributed by atoms with Gasteiger partial charge in [-0.25, -0.2) is 8.42 Å². The number of carbonyl (C=O) groups is 1. The Bertz CT molecular complexity index is 520. The molecule has 0 aliphatic rings. The molecular formula is C14H20O4S. The molecule has 0 aliphatic carbocycles. The number of carbonyl (C=O) groups excluding carboxylic acids is 1. The monoisotopic (exact) mass is 284 g/mol.